The maximum Gasteiger partial charge on any atom is 0.00484 e. The lowest BCUT2D eigenvalue weighted by atomic mass is 10.1. The number of hydrogen-bond donors (Lipinski definition) is 0. The summed E-state index contributed by atoms with van der Waals surface area (Å²) in [5, 5.41) is 0. The lowest BCUT2D eigenvalue weighted by molar-refractivity contribution is 1.33. The molecule has 0 amide bonds. The van der Waals surface area contributed by atoms with Crippen LogP contribution in [0.2, 0.25) is 0 Å². The van der Waals surface area contributed by atoms with E-state index in [1.54, 1.807) is 0 Å². The monoisotopic (exact) mass is 166 g/mol. The first-order valence-electron chi connectivity index (χ1n) is 3.58. The third-order valence-electron chi connectivity index (χ3n) is 1.79. The predicted molar refractivity (Wildman–Crippen MR) is 50.8 cm³/mol. The molecule has 11 heavy (non-hydrogen) atoms. The summed E-state index contributed by atoms with van der Waals surface area (Å²) >= 11 is 5.45. The van der Waals surface area contributed by atoms with Crippen molar-refractivity contribution in [1.29, 1.82) is 0 Å². The van der Waals surface area contributed by atoms with Gasteiger partial charge in [0.2, 0.25) is 0 Å². The molecule has 0 aliphatic rings. The summed E-state index contributed by atoms with van der Waals surface area (Å²) in [6.45, 7) is 4.20. The van der Waals surface area contributed by atoms with Crippen LogP contribution >= 0.6 is 11.6 Å². The van der Waals surface area contributed by atoms with Gasteiger partial charge < -0.3 is 0 Å². The minimum absolute atomic E-state index is 1.16. The van der Waals surface area contributed by atoms with E-state index < -0.39 is 0 Å². The second kappa shape index (κ2) is 3.59. The van der Waals surface area contributed by atoms with Gasteiger partial charge in [-0.1, -0.05) is 29.8 Å². The van der Waals surface area contributed by atoms with E-state index in [0.717, 1.165) is 5.56 Å². The van der Waals surface area contributed by atoms with Crippen molar-refractivity contribution in [3.05, 3.63) is 40.4 Å². The van der Waals surface area contributed by atoms with Crippen molar-refractivity contribution in [1.82, 2.24) is 0 Å². The zero-order valence-corrected chi connectivity index (χ0v) is 7.52. The third-order valence-corrected chi connectivity index (χ3v) is 1.91. The average Bonchev–Trinajstić information content (AvgIpc) is 1.98. The van der Waals surface area contributed by atoms with Crippen LogP contribution < -0.4 is 0 Å². The Morgan fingerprint density at radius 2 is 1.91 bits per heavy atom. The van der Waals surface area contributed by atoms with Gasteiger partial charge in [-0.25, -0.2) is 0 Å². The van der Waals surface area contributed by atoms with E-state index in [-0.39, 0.29) is 0 Å². The van der Waals surface area contributed by atoms with Crippen molar-refractivity contribution in [2.24, 2.45) is 0 Å². The summed E-state index contributed by atoms with van der Waals surface area (Å²) in [6, 6.07) is 6.27. The van der Waals surface area contributed by atoms with Gasteiger partial charge in [0.15, 0.2) is 0 Å². The molecule has 0 spiro atoms. The number of hydrogen-bond acceptors (Lipinski definition) is 0. The van der Waals surface area contributed by atoms with Gasteiger partial charge in [0.25, 0.3) is 0 Å². The number of benzene rings is 1. The molecule has 1 aromatic carbocycles. The molecular formula is C10H11Cl. The van der Waals surface area contributed by atoms with Crippen LogP contribution in [0, 0.1) is 13.8 Å². The van der Waals surface area contributed by atoms with E-state index in [9.17, 15) is 0 Å². The second-order valence-electron chi connectivity index (χ2n) is 2.64. The van der Waals surface area contributed by atoms with Gasteiger partial charge in [0.05, 0.1) is 0 Å². The largest absolute Gasteiger partial charge is 0.0929 e. The van der Waals surface area contributed by atoms with Gasteiger partial charge >= 0.3 is 0 Å². The highest BCUT2D eigenvalue weighted by atomic mass is 35.5. The SMILES string of the molecule is Cc1ccc(/C=C/Cl)cc1C. The summed E-state index contributed by atoms with van der Waals surface area (Å²) in [7, 11) is 0. The first-order valence-corrected chi connectivity index (χ1v) is 4.01. The molecule has 0 aliphatic heterocycles. The molecule has 1 heteroatoms. The van der Waals surface area contributed by atoms with E-state index >= 15 is 0 Å². The maximum atomic E-state index is 5.45. The fourth-order valence-corrected chi connectivity index (χ4v) is 1.09. The molecule has 0 radical (unpaired) electrons. The van der Waals surface area contributed by atoms with Gasteiger partial charge in [0, 0.05) is 5.54 Å². The predicted octanol–water partition coefficient (Wildman–Crippen LogP) is 3.51. The van der Waals surface area contributed by atoms with Crippen LogP contribution in [0.5, 0.6) is 0 Å². The van der Waals surface area contributed by atoms with E-state index in [0.29, 0.717) is 0 Å². The normalized spacial score (nSPS) is 10.8. The Kier molecular flexibility index (Phi) is 2.72. The molecule has 1 rings (SSSR count). The smallest absolute Gasteiger partial charge is 0.00484 e. The lowest BCUT2D eigenvalue weighted by Gasteiger charge is -1.99. The minimum Gasteiger partial charge on any atom is -0.0929 e. The fraction of sp³-hybridized carbons (Fsp3) is 0.200. The van der Waals surface area contributed by atoms with Gasteiger partial charge in [-0.15, -0.1) is 0 Å². The molecule has 58 valence electrons. The maximum absolute atomic E-state index is 5.45. The first-order chi connectivity index (χ1) is 5.24. The topological polar surface area (TPSA) is 0 Å². The molecule has 0 nitrogen and oxygen atoms in total. The zero-order valence-electron chi connectivity index (χ0n) is 6.76. The number of rotatable bonds is 1. The highest BCUT2D eigenvalue weighted by Gasteiger charge is 1.91. The van der Waals surface area contributed by atoms with Crippen molar-refractivity contribution in [3.8, 4) is 0 Å². The first kappa shape index (κ1) is 8.35. The summed E-state index contributed by atoms with van der Waals surface area (Å²) < 4.78 is 0. The van der Waals surface area contributed by atoms with Crippen molar-refractivity contribution >= 4 is 17.7 Å². The molecular weight excluding hydrogens is 156 g/mol. The van der Waals surface area contributed by atoms with E-state index in [1.165, 1.54) is 16.7 Å². The van der Waals surface area contributed by atoms with Crippen molar-refractivity contribution < 1.29 is 0 Å². The fourth-order valence-electron chi connectivity index (χ4n) is 0.941. The molecule has 0 atom stereocenters. The molecule has 0 heterocycles. The van der Waals surface area contributed by atoms with Crippen LogP contribution in [-0.2, 0) is 0 Å². The molecule has 0 fully saturated rings. The number of aryl methyl sites for hydroxylation is 2. The quantitative estimate of drug-likeness (QED) is 0.599. The summed E-state index contributed by atoms with van der Waals surface area (Å²) in [6.07, 6.45) is 1.88. The summed E-state index contributed by atoms with van der Waals surface area (Å²) in [5.74, 6) is 0. The molecule has 0 saturated heterocycles. The van der Waals surface area contributed by atoms with E-state index in [2.05, 4.69) is 32.0 Å². The lowest BCUT2D eigenvalue weighted by Crippen LogP contribution is -1.80. The zero-order chi connectivity index (χ0) is 8.27. The average molecular weight is 167 g/mol. The third kappa shape index (κ3) is 2.09. The van der Waals surface area contributed by atoms with Crippen LogP contribution in [0.15, 0.2) is 23.7 Å². The van der Waals surface area contributed by atoms with Crippen LogP contribution in [-0.4, -0.2) is 0 Å². The van der Waals surface area contributed by atoms with Crippen LogP contribution in [0.4, 0.5) is 0 Å². The molecule has 0 bridgehead atoms. The highest BCUT2D eigenvalue weighted by Crippen LogP contribution is 2.11. The molecule has 1 aromatic rings. The Labute approximate surface area is 72.5 Å². The van der Waals surface area contributed by atoms with Crippen LogP contribution in [0.3, 0.4) is 0 Å². The minimum atomic E-state index is 1.16. The molecule has 0 aliphatic carbocycles. The number of halogens is 1. The van der Waals surface area contributed by atoms with Gasteiger partial charge in [-0.05, 0) is 36.6 Å². The van der Waals surface area contributed by atoms with Crippen LogP contribution in [0.1, 0.15) is 16.7 Å². The second-order valence-corrected chi connectivity index (χ2v) is 2.89. The Hall–Kier alpha value is -0.750. The summed E-state index contributed by atoms with van der Waals surface area (Å²) in [4.78, 5) is 0. The standard InChI is InChI=1S/C10H11Cl/c1-8-3-4-10(5-6-11)7-9(8)2/h3-7H,1-2H3/b6-5+. The van der Waals surface area contributed by atoms with Crippen molar-refractivity contribution in [2.45, 2.75) is 13.8 Å². The van der Waals surface area contributed by atoms with Gasteiger partial charge in [-0.3, -0.25) is 0 Å². The molecule has 0 aromatic heterocycles. The van der Waals surface area contributed by atoms with E-state index in [1.807, 2.05) is 6.08 Å². The molecule has 0 unspecified atom stereocenters. The Morgan fingerprint density at radius 3 is 2.45 bits per heavy atom. The Morgan fingerprint density at radius 1 is 1.18 bits per heavy atom. The van der Waals surface area contributed by atoms with E-state index in [4.69, 9.17) is 11.6 Å². The molecule has 0 saturated carbocycles. The van der Waals surface area contributed by atoms with Gasteiger partial charge in [-0.2, -0.15) is 0 Å². The summed E-state index contributed by atoms with van der Waals surface area (Å²) in [5.41, 5.74) is 5.31. The molecule has 0 N–H and O–H groups in total. The van der Waals surface area contributed by atoms with Crippen molar-refractivity contribution in [2.75, 3.05) is 0 Å². The van der Waals surface area contributed by atoms with Gasteiger partial charge in [0.1, 0.15) is 0 Å². The van der Waals surface area contributed by atoms with Crippen molar-refractivity contribution in [3.63, 3.8) is 0 Å². The van der Waals surface area contributed by atoms with Crippen LogP contribution in [0.25, 0.3) is 6.08 Å². The Bertz CT molecular complexity index is 274. The Balaban J connectivity index is 3.05. The highest BCUT2D eigenvalue weighted by molar-refractivity contribution is 6.27.